The van der Waals surface area contributed by atoms with Crippen LogP contribution < -0.4 is 10.6 Å². The van der Waals surface area contributed by atoms with Crippen LogP contribution in [0.15, 0.2) is 24.3 Å². The molecule has 0 bridgehead atoms. The summed E-state index contributed by atoms with van der Waals surface area (Å²) in [6.45, 7) is 1.46. The molecular formula is C17H21ClN2O6S. The van der Waals surface area contributed by atoms with Crippen LogP contribution in [0, 0.1) is 0 Å². The van der Waals surface area contributed by atoms with Crippen LogP contribution in [0.1, 0.15) is 30.1 Å². The molecule has 2 amide bonds. The predicted molar refractivity (Wildman–Crippen MR) is 99.2 cm³/mol. The largest absolute Gasteiger partial charge is 0.452 e. The molecule has 0 radical (unpaired) electrons. The molecular weight excluding hydrogens is 396 g/mol. The number of hydrogen-bond donors (Lipinski definition) is 2. The van der Waals surface area contributed by atoms with E-state index in [4.69, 9.17) is 16.3 Å². The number of rotatable bonds is 7. The van der Waals surface area contributed by atoms with E-state index in [1.165, 1.54) is 6.92 Å². The Morgan fingerprint density at radius 3 is 2.52 bits per heavy atom. The van der Waals surface area contributed by atoms with E-state index < -0.39 is 33.9 Å². The first-order valence-electron chi connectivity index (χ1n) is 8.40. The van der Waals surface area contributed by atoms with E-state index in [1.807, 2.05) is 0 Å². The molecule has 2 atom stereocenters. The number of amides is 2. The molecule has 1 aromatic rings. The van der Waals surface area contributed by atoms with Gasteiger partial charge in [-0.15, -0.1) is 0 Å². The molecule has 0 spiro atoms. The molecule has 0 saturated carbocycles. The number of carbonyl (C=O) groups is 3. The second kappa shape index (κ2) is 9.18. The number of nitrogens with one attached hydrogen (secondary N) is 2. The van der Waals surface area contributed by atoms with Gasteiger partial charge in [0.05, 0.1) is 17.9 Å². The van der Waals surface area contributed by atoms with Crippen LogP contribution in [0.25, 0.3) is 0 Å². The van der Waals surface area contributed by atoms with Gasteiger partial charge in [0, 0.05) is 23.2 Å². The molecule has 1 aliphatic heterocycles. The zero-order valence-electron chi connectivity index (χ0n) is 14.7. The number of carbonyl (C=O) groups excluding carboxylic acids is 3. The Balaban J connectivity index is 1.69. The number of benzene rings is 1. The predicted octanol–water partition coefficient (Wildman–Crippen LogP) is 0.695. The van der Waals surface area contributed by atoms with E-state index in [2.05, 4.69) is 10.6 Å². The molecule has 148 valence electrons. The minimum Gasteiger partial charge on any atom is -0.452 e. The molecule has 1 saturated heterocycles. The summed E-state index contributed by atoms with van der Waals surface area (Å²) in [5, 5.41) is 5.65. The summed E-state index contributed by atoms with van der Waals surface area (Å²) in [6, 6.07) is 5.83. The first kappa shape index (κ1) is 21.2. The highest BCUT2D eigenvalue weighted by Crippen LogP contribution is 2.12. The van der Waals surface area contributed by atoms with Gasteiger partial charge in [0.2, 0.25) is 0 Å². The molecule has 2 N–H and O–H groups in total. The SMILES string of the molecule is C[C@H](OC(=O)CCNC(=O)c1ccc(Cl)cc1)C(=O)N[C@H]1CCS(=O)(=O)C1. The van der Waals surface area contributed by atoms with E-state index in [-0.39, 0.29) is 30.4 Å². The van der Waals surface area contributed by atoms with Gasteiger partial charge in [-0.3, -0.25) is 14.4 Å². The summed E-state index contributed by atoms with van der Waals surface area (Å²) in [4.78, 5) is 35.7. The fourth-order valence-electron chi connectivity index (χ4n) is 2.52. The molecule has 1 fully saturated rings. The van der Waals surface area contributed by atoms with Gasteiger partial charge in [0.1, 0.15) is 0 Å². The topological polar surface area (TPSA) is 119 Å². The molecule has 8 nitrogen and oxygen atoms in total. The van der Waals surface area contributed by atoms with E-state index in [0.717, 1.165) is 0 Å². The standard InChI is InChI=1S/C17H21ClN2O6S/c1-11(16(22)20-14-7-9-27(24,25)10-14)26-15(21)6-8-19-17(23)12-2-4-13(18)5-3-12/h2-5,11,14H,6-10H2,1H3,(H,19,23)(H,20,22)/t11-,14-/m0/s1. The molecule has 0 unspecified atom stereocenters. The van der Waals surface area contributed by atoms with E-state index >= 15 is 0 Å². The van der Waals surface area contributed by atoms with Gasteiger partial charge in [-0.25, -0.2) is 8.42 Å². The first-order valence-corrected chi connectivity index (χ1v) is 10.6. The van der Waals surface area contributed by atoms with Gasteiger partial charge in [-0.05, 0) is 37.6 Å². The van der Waals surface area contributed by atoms with E-state index in [1.54, 1.807) is 24.3 Å². The van der Waals surface area contributed by atoms with Gasteiger partial charge in [0.25, 0.3) is 11.8 Å². The van der Waals surface area contributed by atoms with Crippen molar-refractivity contribution in [3.05, 3.63) is 34.9 Å². The molecule has 1 aromatic carbocycles. The van der Waals surface area contributed by atoms with E-state index in [0.29, 0.717) is 17.0 Å². The van der Waals surface area contributed by atoms with Crippen molar-refractivity contribution < 1.29 is 27.5 Å². The molecule has 0 aromatic heterocycles. The van der Waals surface area contributed by atoms with Crippen LogP contribution in [0.2, 0.25) is 5.02 Å². The Kier molecular flexibility index (Phi) is 7.20. The van der Waals surface area contributed by atoms with E-state index in [9.17, 15) is 22.8 Å². The number of sulfone groups is 1. The monoisotopic (exact) mass is 416 g/mol. The third kappa shape index (κ3) is 6.84. The van der Waals surface area contributed by atoms with Crippen LogP contribution in [0.5, 0.6) is 0 Å². The first-order chi connectivity index (χ1) is 12.7. The Bertz CT molecular complexity index is 809. The number of ether oxygens (including phenoxy) is 1. The van der Waals surface area contributed by atoms with Gasteiger partial charge in [0.15, 0.2) is 15.9 Å². The van der Waals surface area contributed by atoms with Crippen molar-refractivity contribution in [3.63, 3.8) is 0 Å². The third-order valence-corrected chi connectivity index (χ3v) is 6.00. The highest BCUT2D eigenvalue weighted by Gasteiger charge is 2.30. The van der Waals surface area contributed by atoms with Crippen molar-refractivity contribution in [1.82, 2.24) is 10.6 Å². The minimum absolute atomic E-state index is 0.0411. The lowest BCUT2D eigenvalue weighted by Crippen LogP contribution is -2.42. The highest BCUT2D eigenvalue weighted by molar-refractivity contribution is 7.91. The number of halogens is 1. The third-order valence-electron chi connectivity index (χ3n) is 3.98. The van der Waals surface area contributed by atoms with Gasteiger partial charge >= 0.3 is 5.97 Å². The normalized spacial score (nSPS) is 19.1. The molecule has 2 rings (SSSR count). The van der Waals surface area contributed by atoms with Crippen LogP contribution >= 0.6 is 11.6 Å². The number of hydrogen-bond acceptors (Lipinski definition) is 6. The second-order valence-electron chi connectivity index (χ2n) is 6.25. The minimum atomic E-state index is -3.11. The van der Waals surface area contributed by atoms with Crippen molar-refractivity contribution in [2.75, 3.05) is 18.1 Å². The summed E-state index contributed by atoms with van der Waals surface area (Å²) < 4.78 is 27.8. The average Bonchev–Trinajstić information content (AvgIpc) is 2.93. The molecule has 0 aliphatic carbocycles. The number of esters is 1. The zero-order valence-corrected chi connectivity index (χ0v) is 16.3. The fourth-order valence-corrected chi connectivity index (χ4v) is 4.32. The quantitative estimate of drug-likeness (QED) is 0.631. The maximum absolute atomic E-state index is 12.0. The summed E-state index contributed by atoms with van der Waals surface area (Å²) in [6.07, 6.45) is -0.798. The van der Waals surface area contributed by atoms with Crippen molar-refractivity contribution in [3.8, 4) is 0 Å². The molecule has 10 heteroatoms. The lowest BCUT2D eigenvalue weighted by Gasteiger charge is -2.16. The Morgan fingerprint density at radius 2 is 1.93 bits per heavy atom. The summed E-state index contributed by atoms with van der Waals surface area (Å²) in [7, 11) is -3.11. The molecule has 27 heavy (non-hydrogen) atoms. The fraction of sp³-hybridized carbons (Fsp3) is 0.471. The van der Waals surface area contributed by atoms with Gasteiger partial charge < -0.3 is 15.4 Å². The molecule has 1 aliphatic rings. The van der Waals surface area contributed by atoms with Crippen molar-refractivity contribution in [2.45, 2.75) is 31.9 Å². The van der Waals surface area contributed by atoms with Crippen LogP contribution in [0.3, 0.4) is 0 Å². The highest BCUT2D eigenvalue weighted by atomic mass is 35.5. The Hall–Kier alpha value is -2.13. The summed E-state index contributed by atoms with van der Waals surface area (Å²) >= 11 is 5.75. The summed E-state index contributed by atoms with van der Waals surface area (Å²) in [5.74, 6) is -1.60. The van der Waals surface area contributed by atoms with Crippen LogP contribution in [-0.2, 0) is 24.2 Å². The Morgan fingerprint density at radius 1 is 1.26 bits per heavy atom. The second-order valence-corrected chi connectivity index (χ2v) is 8.92. The summed E-state index contributed by atoms with van der Waals surface area (Å²) in [5.41, 5.74) is 0.409. The Labute approximate surface area is 162 Å². The molecule has 1 heterocycles. The van der Waals surface area contributed by atoms with Gasteiger partial charge in [-0.1, -0.05) is 11.6 Å². The average molecular weight is 417 g/mol. The maximum atomic E-state index is 12.0. The van der Waals surface area contributed by atoms with Crippen LogP contribution in [-0.4, -0.2) is 56.4 Å². The van der Waals surface area contributed by atoms with Crippen molar-refractivity contribution in [2.24, 2.45) is 0 Å². The van der Waals surface area contributed by atoms with Crippen LogP contribution in [0.4, 0.5) is 0 Å². The van der Waals surface area contributed by atoms with Gasteiger partial charge in [-0.2, -0.15) is 0 Å². The lowest BCUT2D eigenvalue weighted by atomic mass is 10.2. The zero-order chi connectivity index (χ0) is 20.0. The van der Waals surface area contributed by atoms with Crippen molar-refractivity contribution in [1.29, 1.82) is 0 Å². The maximum Gasteiger partial charge on any atom is 0.308 e. The lowest BCUT2D eigenvalue weighted by molar-refractivity contribution is -0.154. The van der Waals surface area contributed by atoms with Crippen molar-refractivity contribution >= 4 is 39.2 Å². The smallest absolute Gasteiger partial charge is 0.308 e.